The maximum Gasteiger partial charge on any atom is 0.271 e. The Kier molecular flexibility index (Phi) is 5.05. The Morgan fingerprint density at radius 2 is 2.29 bits per heavy atom. The third-order valence-electron chi connectivity index (χ3n) is 2.13. The zero-order chi connectivity index (χ0) is 12.8. The molecule has 6 nitrogen and oxygen atoms in total. The van der Waals surface area contributed by atoms with Gasteiger partial charge in [-0.1, -0.05) is 0 Å². The van der Waals surface area contributed by atoms with E-state index >= 15 is 0 Å². The van der Waals surface area contributed by atoms with Gasteiger partial charge < -0.3 is 16.4 Å². The second kappa shape index (κ2) is 6.31. The molecule has 1 unspecified atom stereocenters. The Hall–Kier alpha value is -1.47. The molecular weight excluding hydrogens is 240 g/mol. The maximum atomic E-state index is 11.7. The van der Waals surface area contributed by atoms with E-state index < -0.39 is 6.04 Å². The van der Waals surface area contributed by atoms with E-state index in [0.717, 1.165) is 5.01 Å². The van der Waals surface area contributed by atoms with Gasteiger partial charge in [-0.2, -0.15) is 0 Å². The van der Waals surface area contributed by atoms with E-state index in [1.54, 1.807) is 12.3 Å². The number of thiazole rings is 1. The van der Waals surface area contributed by atoms with Crippen LogP contribution in [-0.2, 0) is 11.2 Å². The predicted octanol–water partition coefficient (Wildman–Crippen LogP) is -0.491. The van der Waals surface area contributed by atoms with E-state index in [4.69, 9.17) is 5.73 Å². The summed E-state index contributed by atoms with van der Waals surface area (Å²) in [5.74, 6) is -0.587. The van der Waals surface area contributed by atoms with Crippen molar-refractivity contribution in [1.82, 2.24) is 15.6 Å². The third-order valence-corrected chi connectivity index (χ3v) is 3.04. The summed E-state index contributed by atoms with van der Waals surface area (Å²) in [7, 11) is 1.52. The summed E-state index contributed by atoms with van der Waals surface area (Å²) in [5, 5.41) is 7.51. The molecule has 4 N–H and O–H groups in total. The summed E-state index contributed by atoms with van der Waals surface area (Å²) in [6.07, 6.45) is 0.656. The van der Waals surface area contributed by atoms with Crippen LogP contribution < -0.4 is 16.4 Å². The summed E-state index contributed by atoms with van der Waals surface area (Å²) in [5.41, 5.74) is 5.73. The summed E-state index contributed by atoms with van der Waals surface area (Å²) in [6.45, 7) is 2.12. The van der Waals surface area contributed by atoms with Crippen molar-refractivity contribution in [1.29, 1.82) is 0 Å². The molecule has 94 valence electrons. The first-order chi connectivity index (χ1) is 8.08. The monoisotopic (exact) mass is 256 g/mol. The number of rotatable bonds is 5. The topological polar surface area (TPSA) is 97.1 Å². The minimum Gasteiger partial charge on any atom is -0.357 e. The number of aromatic nitrogens is 1. The van der Waals surface area contributed by atoms with Crippen molar-refractivity contribution in [2.24, 2.45) is 5.73 Å². The van der Waals surface area contributed by atoms with E-state index in [0.29, 0.717) is 18.7 Å². The van der Waals surface area contributed by atoms with Crippen LogP contribution in [0.15, 0.2) is 5.38 Å². The molecule has 0 aliphatic rings. The second-order valence-corrected chi connectivity index (χ2v) is 4.42. The molecule has 1 atom stereocenters. The zero-order valence-corrected chi connectivity index (χ0v) is 10.6. The number of carbonyl (C=O) groups excluding carboxylic acids is 2. The van der Waals surface area contributed by atoms with Crippen LogP contribution in [0.1, 0.15) is 22.4 Å². The van der Waals surface area contributed by atoms with Crippen molar-refractivity contribution in [2.75, 3.05) is 13.6 Å². The number of nitrogens with two attached hydrogens (primary N) is 1. The SMILES string of the molecule is CNC(=O)C(C)NC(=O)c1csc(CCN)n1. The van der Waals surface area contributed by atoms with Gasteiger partial charge in [-0.15, -0.1) is 11.3 Å². The Morgan fingerprint density at radius 1 is 1.59 bits per heavy atom. The molecule has 0 radical (unpaired) electrons. The van der Waals surface area contributed by atoms with Crippen LogP contribution >= 0.6 is 11.3 Å². The molecule has 0 saturated heterocycles. The first-order valence-corrected chi connectivity index (χ1v) is 6.13. The highest BCUT2D eigenvalue weighted by atomic mass is 32.1. The Morgan fingerprint density at radius 3 is 2.88 bits per heavy atom. The van der Waals surface area contributed by atoms with Crippen molar-refractivity contribution in [3.05, 3.63) is 16.1 Å². The van der Waals surface area contributed by atoms with Crippen LogP contribution in [0.2, 0.25) is 0 Å². The van der Waals surface area contributed by atoms with E-state index in [9.17, 15) is 9.59 Å². The average molecular weight is 256 g/mol. The molecule has 17 heavy (non-hydrogen) atoms. The smallest absolute Gasteiger partial charge is 0.271 e. The summed E-state index contributed by atoms with van der Waals surface area (Å²) in [6, 6.07) is -0.577. The van der Waals surface area contributed by atoms with Gasteiger partial charge in [0.15, 0.2) is 0 Å². The normalized spacial score (nSPS) is 11.9. The molecule has 1 heterocycles. The first-order valence-electron chi connectivity index (χ1n) is 5.25. The largest absolute Gasteiger partial charge is 0.357 e. The summed E-state index contributed by atoms with van der Waals surface area (Å²) in [4.78, 5) is 27.1. The van der Waals surface area contributed by atoms with Gasteiger partial charge in [0.25, 0.3) is 5.91 Å². The van der Waals surface area contributed by atoms with E-state index in [1.165, 1.54) is 18.4 Å². The van der Waals surface area contributed by atoms with E-state index in [1.807, 2.05) is 0 Å². The molecule has 0 aliphatic heterocycles. The molecule has 0 saturated carbocycles. The highest BCUT2D eigenvalue weighted by Crippen LogP contribution is 2.09. The number of nitrogens with one attached hydrogen (secondary N) is 2. The lowest BCUT2D eigenvalue weighted by Gasteiger charge is -2.10. The highest BCUT2D eigenvalue weighted by molar-refractivity contribution is 7.09. The summed E-state index contributed by atoms with van der Waals surface area (Å²) < 4.78 is 0. The Labute approximate surface area is 104 Å². The lowest BCUT2D eigenvalue weighted by atomic mass is 10.3. The second-order valence-electron chi connectivity index (χ2n) is 3.47. The van der Waals surface area contributed by atoms with Gasteiger partial charge >= 0.3 is 0 Å². The molecule has 2 amide bonds. The Balaban J connectivity index is 2.60. The third kappa shape index (κ3) is 3.79. The van der Waals surface area contributed by atoms with E-state index in [-0.39, 0.29) is 11.8 Å². The van der Waals surface area contributed by atoms with Crippen molar-refractivity contribution in [3.8, 4) is 0 Å². The molecule has 0 bridgehead atoms. The first kappa shape index (κ1) is 13.6. The number of carbonyl (C=O) groups is 2. The molecule has 7 heteroatoms. The minimum absolute atomic E-state index is 0.240. The van der Waals surface area contributed by atoms with Gasteiger partial charge in [-0.3, -0.25) is 9.59 Å². The number of nitrogens with zero attached hydrogens (tertiary/aromatic N) is 1. The van der Waals surface area contributed by atoms with Crippen molar-refractivity contribution in [2.45, 2.75) is 19.4 Å². The molecule has 0 aromatic carbocycles. The fourth-order valence-electron chi connectivity index (χ4n) is 1.21. The predicted molar refractivity (Wildman–Crippen MR) is 65.9 cm³/mol. The minimum atomic E-state index is -0.577. The van der Waals surface area contributed by atoms with Gasteiger partial charge in [0.2, 0.25) is 5.91 Å². The maximum absolute atomic E-state index is 11.7. The molecule has 1 aromatic heterocycles. The van der Waals surface area contributed by atoms with Gasteiger partial charge in [-0.25, -0.2) is 4.98 Å². The number of likely N-dealkylation sites (N-methyl/N-ethyl adjacent to an activating group) is 1. The van der Waals surface area contributed by atoms with Crippen molar-refractivity contribution >= 4 is 23.2 Å². The van der Waals surface area contributed by atoms with Crippen LogP contribution in [0.4, 0.5) is 0 Å². The molecule has 0 aliphatic carbocycles. The molecule has 1 aromatic rings. The fraction of sp³-hybridized carbons (Fsp3) is 0.500. The quantitative estimate of drug-likeness (QED) is 0.662. The molecular formula is C10H16N4O2S. The van der Waals surface area contributed by atoms with Crippen LogP contribution in [0.25, 0.3) is 0 Å². The number of amides is 2. The van der Waals surface area contributed by atoms with Crippen molar-refractivity contribution in [3.63, 3.8) is 0 Å². The van der Waals surface area contributed by atoms with Gasteiger partial charge in [0, 0.05) is 18.8 Å². The number of hydrogen-bond donors (Lipinski definition) is 3. The molecule has 0 fully saturated rings. The summed E-state index contributed by atoms with van der Waals surface area (Å²) >= 11 is 1.39. The number of hydrogen-bond acceptors (Lipinski definition) is 5. The highest BCUT2D eigenvalue weighted by Gasteiger charge is 2.17. The standard InChI is InChI=1S/C10H16N4O2S/c1-6(9(15)12-2)13-10(16)7-5-17-8(14-7)3-4-11/h5-6H,3-4,11H2,1-2H3,(H,12,15)(H,13,16). The zero-order valence-electron chi connectivity index (χ0n) is 9.82. The lowest BCUT2D eigenvalue weighted by Crippen LogP contribution is -2.43. The average Bonchev–Trinajstić information content (AvgIpc) is 2.77. The molecule has 0 spiro atoms. The van der Waals surface area contributed by atoms with Crippen LogP contribution in [0.5, 0.6) is 0 Å². The van der Waals surface area contributed by atoms with Gasteiger partial charge in [-0.05, 0) is 13.5 Å². The van der Waals surface area contributed by atoms with Gasteiger partial charge in [0.1, 0.15) is 11.7 Å². The van der Waals surface area contributed by atoms with E-state index in [2.05, 4.69) is 15.6 Å². The fourth-order valence-corrected chi connectivity index (χ4v) is 2.00. The van der Waals surface area contributed by atoms with Crippen molar-refractivity contribution < 1.29 is 9.59 Å². The van der Waals surface area contributed by atoms with Crippen LogP contribution in [0, 0.1) is 0 Å². The van der Waals surface area contributed by atoms with Gasteiger partial charge in [0.05, 0.1) is 5.01 Å². The van der Waals surface area contributed by atoms with Crippen LogP contribution in [-0.4, -0.2) is 36.4 Å². The Bertz CT molecular complexity index is 405. The van der Waals surface area contributed by atoms with Crippen LogP contribution in [0.3, 0.4) is 0 Å². The molecule has 1 rings (SSSR count). The lowest BCUT2D eigenvalue weighted by molar-refractivity contribution is -0.122.